The summed E-state index contributed by atoms with van der Waals surface area (Å²) in [7, 11) is 0. The average Bonchev–Trinajstić information content (AvgIpc) is 2.70. The monoisotopic (exact) mass is 501 g/mol. The molecule has 0 unspecified atom stereocenters. The van der Waals surface area contributed by atoms with Crippen LogP contribution in [-0.4, -0.2) is 60.0 Å². The molecular formula is C20H24BrNO9. The molecule has 0 spiro atoms. The van der Waals surface area contributed by atoms with E-state index in [1.165, 1.54) is 20.8 Å². The zero-order chi connectivity index (χ0) is 23.0. The minimum atomic E-state index is -1.13. The predicted octanol–water partition coefficient (Wildman–Crippen LogP) is 1.83. The number of benzene rings is 1. The molecule has 5 atom stereocenters. The molecular weight excluding hydrogens is 478 g/mol. The van der Waals surface area contributed by atoms with Gasteiger partial charge in [-0.2, -0.15) is 0 Å². The lowest BCUT2D eigenvalue weighted by Crippen LogP contribution is -2.65. The molecule has 0 aromatic heterocycles. The van der Waals surface area contributed by atoms with E-state index in [0.29, 0.717) is 0 Å². The number of amides is 1. The molecule has 1 amide bonds. The average molecular weight is 502 g/mol. The number of alkyl carbamates (subject to hydrolysis) is 1. The molecule has 1 saturated heterocycles. The molecule has 0 aliphatic carbocycles. The van der Waals surface area contributed by atoms with E-state index in [1.54, 1.807) is 24.3 Å². The number of hydrogen-bond acceptors (Lipinski definition) is 9. The van der Waals surface area contributed by atoms with Gasteiger partial charge < -0.3 is 29.0 Å². The van der Waals surface area contributed by atoms with Crippen LogP contribution in [0.15, 0.2) is 30.3 Å². The maximum Gasteiger partial charge on any atom is 0.407 e. The van der Waals surface area contributed by atoms with Crippen molar-refractivity contribution in [3.8, 4) is 0 Å². The van der Waals surface area contributed by atoms with E-state index in [0.717, 1.165) is 5.56 Å². The van der Waals surface area contributed by atoms with Gasteiger partial charge in [-0.3, -0.25) is 14.4 Å². The Hall–Kier alpha value is -2.66. The van der Waals surface area contributed by atoms with Crippen molar-refractivity contribution in [3.63, 3.8) is 0 Å². The Morgan fingerprint density at radius 2 is 1.55 bits per heavy atom. The third-order valence-electron chi connectivity index (χ3n) is 4.19. The first kappa shape index (κ1) is 24.6. The fourth-order valence-electron chi connectivity index (χ4n) is 2.96. The first-order valence-electron chi connectivity index (χ1n) is 9.42. The molecule has 0 bridgehead atoms. The van der Waals surface area contributed by atoms with Gasteiger partial charge in [-0.25, -0.2) is 4.79 Å². The minimum Gasteiger partial charge on any atom is -0.463 e. The number of rotatable bonds is 7. The van der Waals surface area contributed by atoms with Gasteiger partial charge in [0.2, 0.25) is 0 Å². The number of carbonyl (C=O) groups excluding carboxylic acids is 4. The topological polar surface area (TPSA) is 126 Å². The summed E-state index contributed by atoms with van der Waals surface area (Å²) in [6.07, 6.45) is -3.95. The fraction of sp³-hybridized carbons (Fsp3) is 0.500. The second-order valence-corrected chi connectivity index (χ2v) is 7.61. The molecule has 1 fully saturated rings. The lowest BCUT2D eigenvalue weighted by Gasteiger charge is -2.43. The maximum atomic E-state index is 12.5. The van der Waals surface area contributed by atoms with Crippen LogP contribution in [0.3, 0.4) is 0 Å². The van der Waals surface area contributed by atoms with Crippen LogP contribution in [0.25, 0.3) is 0 Å². The van der Waals surface area contributed by atoms with Crippen molar-refractivity contribution >= 4 is 39.9 Å². The van der Waals surface area contributed by atoms with Crippen LogP contribution < -0.4 is 5.32 Å². The molecule has 31 heavy (non-hydrogen) atoms. The molecule has 2 rings (SSSR count). The van der Waals surface area contributed by atoms with Crippen molar-refractivity contribution in [1.29, 1.82) is 0 Å². The van der Waals surface area contributed by atoms with E-state index in [1.807, 2.05) is 6.07 Å². The number of nitrogens with one attached hydrogen (secondary N) is 1. The molecule has 170 valence electrons. The molecule has 0 radical (unpaired) electrons. The highest BCUT2D eigenvalue weighted by Gasteiger charge is 2.50. The van der Waals surface area contributed by atoms with Gasteiger partial charge in [-0.05, 0) is 5.56 Å². The minimum absolute atomic E-state index is 0.000967. The highest BCUT2D eigenvalue weighted by molar-refractivity contribution is 9.09. The maximum absolute atomic E-state index is 12.5. The van der Waals surface area contributed by atoms with Crippen LogP contribution in [0, 0.1) is 0 Å². The largest absolute Gasteiger partial charge is 0.463 e. The SMILES string of the molecule is CC(=O)OC[C@H]1O[C@@H](Br)[C@H](OC(C)=O)[C@@H](NC(=O)OCc2ccccc2)[C@@H]1OC(C)=O. The van der Waals surface area contributed by atoms with Crippen molar-refractivity contribution in [2.24, 2.45) is 0 Å². The Morgan fingerprint density at radius 3 is 2.13 bits per heavy atom. The summed E-state index contributed by atoms with van der Waals surface area (Å²) >= 11 is 3.26. The van der Waals surface area contributed by atoms with Gasteiger partial charge >= 0.3 is 24.0 Å². The Kier molecular flexibility index (Phi) is 9.25. The van der Waals surface area contributed by atoms with E-state index >= 15 is 0 Å². The first-order chi connectivity index (χ1) is 14.7. The zero-order valence-corrected chi connectivity index (χ0v) is 18.8. The highest BCUT2D eigenvalue weighted by atomic mass is 79.9. The van der Waals surface area contributed by atoms with Gasteiger partial charge in [-0.15, -0.1) is 0 Å². The zero-order valence-electron chi connectivity index (χ0n) is 17.2. The van der Waals surface area contributed by atoms with E-state index in [9.17, 15) is 19.2 Å². The Bertz CT molecular complexity index is 788. The van der Waals surface area contributed by atoms with Crippen LogP contribution >= 0.6 is 15.9 Å². The second kappa shape index (κ2) is 11.7. The highest BCUT2D eigenvalue weighted by Crippen LogP contribution is 2.30. The number of carbonyl (C=O) groups is 4. The third-order valence-corrected chi connectivity index (χ3v) is 4.93. The number of ether oxygens (including phenoxy) is 5. The molecule has 10 nitrogen and oxygen atoms in total. The van der Waals surface area contributed by atoms with E-state index in [2.05, 4.69) is 21.2 Å². The van der Waals surface area contributed by atoms with Crippen molar-refractivity contribution in [2.45, 2.75) is 56.7 Å². The van der Waals surface area contributed by atoms with Gasteiger partial charge in [0.25, 0.3) is 0 Å². The lowest BCUT2D eigenvalue weighted by molar-refractivity contribution is -0.203. The smallest absolute Gasteiger partial charge is 0.407 e. The summed E-state index contributed by atoms with van der Waals surface area (Å²) in [5.74, 6) is -1.87. The Balaban J connectivity index is 2.21. The lowest BCUT2D eigenvalue weighted by atomic mass is 9.97. The van der Waals surface area contributed by atoms with E-state index in [-0.39, 0.29) is 13.2 Å². The third kappa shape index (κ3) is 7.83. The van der Waals surface area contributed by atoms with Crippen LogP contribution in [-0.2, 0) is 44.7 Å². The number of halogens is 1. The summed E-state index contributed by atoms with van der Waals surface area (Å²) in [5.41, 5.74) is 0.767. The molecule has 1 aromatic rings. The van der Waals surface area contributed by atoms with Gasteiger partial charge in [0.15, 0.2) is 17.2 Å². The number of hydrogen-bond donors (Lipinski definition) is 1. The second-order valence-electron chi connectivity index (χ2n) is 6.71. The Labute approximate surface area is 187 Å². The molecule has 1 aliphatic rings. The summed E-state index contributed by atoms with van der Waals surface area (Å²) in [6.45, 7) is 3.33. The van der Waals surface area contributed by atoms with E-state index < -0.39 is 53.4 Å². The van der Waals surface area contributed by atoms with E-state index in [4.69, 9.17) is 23.7 Å². The van der Waals surface area contributed by atoms with Crippen LogP contribution in [0.1, 0.15) is 26.3 Å². The quantitative estimate of drug-likeness (QED) is 0.338. The number of alkyl halides is 1. The summed E-state index contributed by atoms with van der Waals surface area (Å²) in [6, 6.07) is 7.96. The molecule has 1 aromatic carbocycles. The van der Waals surface area contributed by atoms with Crippen molar-refractivity contribution in [3.05, 3.63) is 35.9 Å². The predicted molar refractivity (Wildman–Crippen MR) is 109 cm³/mol. The molecule has 1 aliphatic heterocycles. The molecule has 1 N–H and O–H groups in total. The molecule has 1 heterocycles. The Morgan fingerprint density at radius 1 is 0.935 bits per heavy atom. The van der Waals surface area contributed by atoms with Crippen LogP contribution in [0.5, 0.6) is 0 Å². The molecule has 11 heteroatoms. The van der Waals surface area contributed by atoms with Crippen molar-refractivity contribution < 1.29 is 42.9 Å². The van der Waals surface area contributed by atoms with Gasteiger partial charge in [0.1, 0.15) is 25.4 Å². The summed E-state index contributed by atoms with van der Waals surface area (Å²) < 4.78 is 26.5. The van der Waals surface area contributed by atoms with Crippen LogP contribution in [0.2, 0.25) is 0 Å². The van der Waals surface area contributed by atoms with Gasteiger partial charge in [-0.1, -0.05) is 46.3 Å². The molecule has 0 saturated carbocycles. The first-order valence-corrected chi connectivity index (χ1v) is 10.3. The summed E-state index contributed by atoms with van der Waals surface area (Å²) in [5, 5.41) is 1.70. The summed E-state index contributed by atoms with van der Waals surface area (Å²) in [4.78, 5) is 47.0. The standard InChI is InChI=1S/C20H24BrNO9/c1-11(23)27-10-15-17(29-12(2)24)16(18(19(21)31-15)30-13(3)25)22-20(26)28-9-14-7-5-4-6-8-14/h4-8,15-19H,9-10H2,1-3H3,(H,22,26)/t15-,16+,17-,18-,19-/m1/s1. The van der Waals surface area contributed by atoms with Crippen molar-refractivity contribution in [1.82, 2.24) is 5.32 Å². The normalized spacial score (nSPS) is 25.1. The number of esters is 3. The van der Waals surface area contributed by atoms with Gasteiger partial charge in [0, 0.05) is 20.8 Å². The fourth-order valence-corrected chi connectivity index (χ4v) is 3.68. The van der Waals surface area contributed by atoms with Crippen LogP contribution in [0.4, 0.5) is 4.79 Å². The van der Waals surface area contributed by atoms with Crippen molar-refractivity contribution in [2.75, 3.05) is 6.61 Å². The van der Waals surface area contributed by atoms with Gasteiger partial charge in [0.05, 0.1) is 0 Å².